The summed E-state index contributed by atoms with van der Waals surface area (Å²) in [5, 5.41) is 5.35. The lowest BCUT2D eigenvalue weighted by Gasteiger charge is -2.33. The molecular weight excluding hydrogens is 284 g/mol. The molecule has 0 radical (unpaired) electrons. The number of quaternary nitrogens is 1. The second kappa shape index (κ2) is 5.17. The van der Waals surface area contributed by atoms with Gasteiger partial charge < -0.3 is 4.98 Å². The van der Waals surface area contributed by atoms with Gasteiger partial charge in [0.25, 0.3) is 0 Å². The molecule has 1 unspecified atom stereocenters. The van der Waals surface area contributed by atoms with Gasteiger partial charge in [0, 0.05) is 23.3 Å². The van der Waals surface area contributed by atoms with Crippen molar-refractivity contribution in [3.63, 3.8) is 0 Å². The van der Waals surface area contributed by atoms with Crippen molar-refractivity contribution < 1.29 is 5.43 Å². The van der Waals surface area contributed by atoms with Crippen molar-refractivity contribution in [2.75, 3.05) is 0 Å². The molecule has 4 heteroatoms. The fourth-order valence-electron chi connectivity index (χ4n) is 3.99. The molecule has 0 fully saturated rings. The molecule has 1 aliphatic heterocycles. The average molecular weight is 307 g/mol. The summed E-state index contributed by atoms with van der Waals surface area (Å²) in [4.78, 5) is 7.92. The molecule has 0 saturated carbocycles. The van der Waals surface area contributed by atoms with E-state index >= 15 is 0 Å². The third kappa shape index (κ3) is 2.63. The van der Waals surface area contributed by atoms with E-state index in [4.69, 9.17) is 0 Å². The van der Waals surface area contributed by atoms with E-state index in [-0.39, 0.29) is 0 Å². The number of H-pyrrole nitrogens is 1. The Morgan fingerprint density at radius 1 is 1.35 bits per heavy atom. The van der Waals surface area contributed by atoms with Gasteiger partial charge in [-0.2, -0.15) is 5.43 Å². The molecule has 1 atom stereocenters. The van der Waals surface area contributed by atoms with E-state index in [0.29, 0.717) is 11.3 Å². The molecule has 3 N–H and O–H groups in total. The minimum Gasteiger partial charge on any atom is -0.346 e. The second-order valence-corrected chi connectivity index (χ2v) is 7.59. The largest absolute Gasteiger partial charge is 0.346 e. The molecule has 3 heterocycles. The molecule has 1 aliphatic carbocycles. The minimum absolute atomic E-state index is 0.356. The van der Waals surface area contributed by atoms with Crippen molar-refractivity contribution in [2.24, 2.45) is 16.4 Å². The van der Waals surface area contributed by atoms with Crippen LogP contribution >= 0.6 is 0 Å². The number of fused-ring (bicyclic) bond motifs is 1. The summed E-state index contributed by atoms with van der Waals surface area (Å²) in [5.41, 5.74) is 8.12. The normalized spacial score (nSPS) is 23.2. The van der Waals surface area contributed by atoms with Crippen molar-refractivity contribution in [3.05, 3.63) is 41.9 Å². The van der Waals surface area contributed by atoms with E-state index in [2.05, 4.69) is 48.0 Å². The maximum Gasteiger partial charge on any atom is 0.137 e. The van der Waals surface area contributed by atoms with Crippen molar-refractivity contribution in [1.82, 2.24) is 9.97 Å². The number of aromatic nitrogens is 2. The van der Waals surface area contributed by atoms with Crippen molar-refractivity contribution >= 4 is 28.4 Å². The molecule has 0 amide bonds. The summed E-state index contributed by atoms with van der Waals surface area (Å²) in [7, 11) is 0. The first-order valence-corrected chi connectivity index (χ1v) is 8.27. The first kappa shape index (κ1) is 14.4. The molecule has 0 spiro atoms. The van der Waals surface area contributed by atoms with Crippen LogP contribution in [0.15, 0.2) is 35.8 Å². The predicted octanol–water partition coefficient (Wildman–Crippen LogP) is 3.31. The summed E-state index contributed by atoms with van der Waals surface area (Å²) in [6, 6.07) is 2.28. The second-order valence-electron chi connectivity index (χ2n) is 7.59. The molecule has 2 aliphatic rings. The van der Waals surface area contributed by atoms with Gasteiger partial charge in [-0.3, -0.25) is 0 Å². The number of pyridine rings is 1. The van der Waals surface area contributed by atoms with Crippen LogP contribution in [-0.2, 0) is 0 Å². The molecule has 23 heavy (non-hydrogen) atoms. The molecule has 0 bridgehead atoms. The number of nitrogens with two attached hydrogens (primary N) is 1. The maximum absolute atomic E-state index is 4.64. The molecule has 4 rings (SSSR count). The van der Waals surface area contributed by atoms with Gasteiger partial charge in [-0.25, -0.2) is 4.98 Å². The zero-order chi connectivity index (χ0) is 16.0. The zero-order valence-electron chi connectivity index (χ0n) is 13.9. The highest BCUT2D eigenvalue weighted by atomic mass is 15.3. The van der Waals surface area contributed by atoms with E-state index in [1.54, 1.807) is 0 Å². The van der Waals surface area contributed by atoms with Crippen LogP contribution in [0.2, 0.25) is 0 Å². The number of allylic oxidation sites excluding steroid dienone is 3. The van der Waals surface area contributed by atoms with Crippen LogP contribution in [0.25, 0.3) is 22.2 Å². The van der Waals surface area contributed by atoms with Crippen molar-refractivity contribution in [3.8, 4) is 0 Å². The van der Waals surface area contributed by atoms with E-state index in [0.717, 1.165) is 17.6 Å². The maximum atomic E-state index is 4.64. The lowest BCUT2D eigenvalue weighted by molar-refractivity contribution is -0.589. The minimum atomic E-state index is 0.356. The highest BCUT2D eigenvalue weighted by Crippen LogP contribution is 2.42. The first-order valence-electron chi connectivity index (χ1n) is 8.27. The van der Waals surface area contributed by atoms with Gasteiger partial charge in [-0.1, -0.05) is 31.9 Å². The van der Waals surface area contributed by atoms with Crippen LogP contribution < -0.4 is 5.43 Å². The summed E-state index contributed by atoms with van der Waals surface area (Å²) in [6.45, 7) is 7.03. The Kier molecular flexibility index (Phi) is 3.23. The molecule has 118 valence electrons. The molecule has 0 saturated heterocycles. The predicted molar refractivity (Wildman–Crippen MR) is 94.6 cm³/mol. The molecule has 2 aromatic rings. The number of nitrogens with zero attached hydrogens (tertiary/aromatic N) is 2. The van der Waals surface area contributed by atoms with Crippen LogP contribution in [0.3, 0.4) is 0 Å². The van der Waals surface area contributed by atoms with Crippen LogP contribution in [-0.4, -0.2) is 16.2 Å². The fraction of sp³-hybridized carbons (Fsp3) is 0.368. The monoisotopic (exact) mass is 307 g/mol. The van der Waals surface area contributed by atoms with Gasteiger partial charge in [0.1, 0.15) is 11.8 Å². The van der Waals surface area contributed by atoms with Crippen molar-refractivity contribution in [1.29, 1.82) is 0 Å². The van der Waals surface area contributed by atoms with Gasteiger partial charge >= 0.3 is 0 Å². The number of aromatic amines is 1. The van der Waals surface area contributed by atoms with Gasteiger partial charge in [-0.15, -0.1) is 0 Å². The van der Waals surface area contributed by atoms with Crippen LogP contribution in [0, 0.1) is 11.3 Å². The molecule has 4 nitrogen and oxygen atoms in total. The summed E-state index contributed by atoms with van der Waals surface area (Å²) < 4.78 is 0. The highest BCUT2D eigenvalue weighted by molar-refractivity contribution is 6.14. The Labute approximate surface area is 136 Å². The average Bonchev–Trinajstić information content (AvgIpc) is 3.13. The quantitative estimate of drug-likeness (QED) is 0.822. The van der Waals surface area contributed by atoms with Crippen LogP contribution in [0.1, 0.15) is 44.7 Å². The van der Waals surface area contributed by atoms with Gasteiger partial charge in [0.2, 0.25) is 0 Å². The third-order valence-electron chi connectivity index (χ3n) is 4.80. The molecular formula is C19H23N4+. The van der Waals surface area contributed by atoms with Gasteiger partial charge in [0.15, 0.2) is 0 Å². The van der Waals surface area contributed by atoms with Crippen molar-refractivity contribution in [2.45, 2.75) is 33.6 Å². The first-order chi connectivity index (χ1) is 11.0. The molecule has 2 aromatic heterocycles. The van der Waals surface area contributed by atoms with Gasteiger partial charge in [-0.05, 0) is 41.4 Å². The van der Waals surface area contributed by atoms with Crippen LogP contribution in [0.4, 0.5) is 0 Å². The number of hydrogen-bond acceptors (Lipinski definition) is 2. The Balaban J connectivity index is 1.80. The zero-order valence-corrected chi connectivity index (χ0v) is 13.9. The van der Waals surface area contributed by atoms with Gasteiger partial charge in [0.05, 0.1) is 11.8 Å². The standard InChI is InChI=1S/C19H22N4/c1-12-4-13(7-19(2,3)6-12)14-5-16-17(15-9-22-23-10-15)11-21-18(16)20-8-14/h4-5,8-12H,6-7H2,1-3H3,(H,20,21)(H,22,23)/p+1. The van der Waals surface area contributed by atoms with E-state index in [9.17, 15) is 0 Å². The SMILES string of the molecule is CC1C=C(c2cnc3[nH]cc(C4=C[NH2+]N=C4)c3c2)CC(C)(C)C1. The summed E-state index contributed by atoms with van der Waals surface area (Å²) >= 11 is 0. The Bertz CT molecular complexity index is 851. The third-order valence-corrected chi connectivity index (χ3v) is 4.80. The van der Waals surface area contributed by atoms with E-state index in [1.165, 1.54) is 28.5 Å². The van der Waals surface area contributed by atoms with E-state index < -0.39 is 0 Å². The number of hydrogen-bond donors (Lipinski definition) is 2. The lowest BCUT2D eigenvalue weighted by Crippen LogP contribution is -2.69. The molecule has 0 aromatic carbocycles. The summed E-state index contributed by atoms with van der Waals surface area (Å²) in [6.07, 6.45) is 12.8. The Hall–Kier alpha value is -2.20. The Morgan fingerprint density at radius 3 is 2.96 bits per heavy atom. The summed E-state index contributed by atoms with van der Waals surface area (Å²) in [5.74, 6) is 0.620. The Morgan fingerprint density at radius 2 is 2.22 bits per heavy atom. The number of rotatable bonds is 2. The highest BCUT2D eigenvalue weighted by Gasteiger charge is 2.27. The van der Waals surface area contributed by atoms with Crippen LogP contribution in [0.5, 0.6) is 0 Å². The van der Waals surface area contributed by atoms with E-state index in [1.807, 2.05) is 30.2 Å². The smallest absolute Gasteiger partial charge is 0.137 e. The number of nitrogens with one attached hydrogen (secondary N) is 1. The topological polar surface area (TPSA) is 57.6 Å². The lowest BCUT2D eigenvalue weighted by atomic mass is 9.72. The fourth-order valence-corrected chi connectivity index (χ4v) is 3.99.